The molecule has 6 heteroatoms. The smallest absolute Gasteiger partial charge is 0.359 e. The monoisotopic (exact) mass is 191 g/mol. The van der Waals surface area contributed by atoms with Crippen LogP contribution in [-0.4, -0.2) is 5.97 Å². The van der Waals surface area contributed by atoms with Gasteiger partial charge in [-0.3, -0.25) is 0 Å². The summed E-state index contributed by atoms with van der Waals surface area (Å²) in [4.78, 5) is 14.2. The number of rotatable bonds is 1. The zero-order valence-electron chi connectivity index (χ0n) is 6.18. The number of hydrogen-bond acceptors (Lipinski definition) is 3. The normalized spacial score (nSPS) is 9.85. The van der Waals surface area contributed by atoms with Crippen LogP contribution in [0, 0.1) is 17.5 Å². The highest BCUT2D eigenvalue weighted by atomic mass is 19.2. The molecular weight excluding hydrogens is 187 g/mol. The second-order valence-corrected chi connectivity index (χ2v) is 2.15. The van der Waals surface area contributed by atoms with E-state index in [0.717, 1.165) is 0 Å². The Morgan fingerprint density at radius 2 is 1.92 bits per heavy atom. The summed E-state index contributed by atoms with van der Waals surface area (Å²) in [5, 5.41) is 0. The van der Waals surface area contributed by atoms with Crippen LogP contribution in [0.5, 0.6) is 0 Å². The molecule has 1 aromatic rings. The highest BCUT2D eigenvalue weighted by molar-refractivity contribution is 5.89. The second-order valence-electron chi connectivity index (χ2n) is 2.15. The number of halogens is 3. The molecule has 0 bridgehead atoms. The van der Waals surface area contributed by atoms with Gasteiger partial charge in [0.2, 0.25) is 0 Å². The van der Waals surface area contributed by atoms with Gasteiger partial charge in [-0.2, -0.15) is 5.90 Å². The lowest BCUT2D eigenvalue weighted by atomic mass is 10.2. The molecular formula is C7H4F3NO2. The van der Waals surface area contributed by atoms with E-state index < -0.39 is 29.0 Å². The van der Waals surface area contributed by atoms with E-state index >= 15 is 0 Å². The van der Waals surface area contributed by atoms with Gasteiger partial charge in [-0.25, -0.2) is 18.0 Å². The molecule has 0 fully saturated rings. The summed E-state index contributed by atoms with van der Waals surface area (Å²) < 4.78 is 37.6. The quantitative estimate of drug-likeness (QED) is 0.534. The van der Waals surface area contributed by atoms with Crippen molar-refractivity contribution in [2.75, 3.05) is 0 Å². The van der Waals surface area contributed by atoms with Gasteiger partial charge in [0.25, 0.3) is 0 Å². The Balaban J connectivity index is 3.28. The van der Waals surface area contributed by atoms with Gasteiger partial charge in [0.15, 0.2) is 11.6 Å². The minimum Gasteiger partial charge on any atom is -0.370 e. The molecule has 3 nitrogen and oxygen atoms in total. The summed E-state index contributed by atoms with van der Waals surface area (Å²) in [5.41, 5.74) is -0.875. The molecule has 2 N–H and O–H groups in total. The van der Waals surface area contributed by atoms with Crippen LogP contribution < -0.4 is 5.90 Å². The van der Waals surface area contributed by atoms with Gasteiger partial charge in [0.1, 0.15) is 11.4 Å². The molecule has 0 aliphatic heterocycles. The minimum absolute atomic E-state index is 0.308. The molecule has 0 amide bonds. The van der Waals surface area contributed by atoms with Crippen molar-refractivity contribution >= 4 is 5.97 Å². The zero-order valence-corrected chi connectivity index (χ0v) is 6.18. The standard InChI is InChI=1S/C7H4F3NO2/c8-3-1-4(7(12)13-11)6(10)5(9)2-3/h1-2H,11H2. The molecule has 1 aromatic carbocycles. The first-order valence-corrected chi connectivity index (χ1v) is 3.12. The second kappa shape index (κ2) is 3.44. The van der Waals surface area contributed by atoms with Crippen molar-refractivity contribution in [2.24, 2.45) is 5.90 Å². The third-order valence-electron chi connectivity index (χ3n) is 1.32. The van der Waals surface area contributed by atoms with Crippen molar-refractivity contribution in [2.45, 2.75) is 0 Å². The molecule has 0 aromatic heterocycles. The third-order valence-corrected chi connectivity index (χ3v) is 1.32. The van der Waals surface area contributed by atoms with E-state index in [9.17, 15) is 18.0 Å². The van der Waals surface area contributed by atoms with E-state index in [4.69, 9.17) is 0 Å². The van der Waals surface area contributed by atoms with Gasteiger partial charge in [-0.1, -0.05) is 0 Å². The number of nitrogens with two attached hydrogens (primary N) is 1. The van der Waals surface area contributed by atoms with E-state index in [1.807, 2.05) is 0 Å². The molecule has 0 radical (unpaired) electrons. The lowest BCUT2D eigenvalue weighted by molar-refractivity contribution is 0.0496. The summed E-state index contributed by atoms with van der Waals surface area (Å²) in [6.45, 7) is 0. The fraction of sp³-hybridized carbons (Fsp3) is 0. The van der Waals surface area contributed by atoms with E-state index in [0.29, 0.717) is 12.1 Å². The van der Waals surface area contributed by atoms with Crippen molar-refractivity contribution in [3.63, 3.8) is 0 Å². The predicted molar refractivity (Wildman–Crippen MR) is 35.9 cm³/mol. The Kier molecular flexibility index (Phi) is 2.52. The van der Waals surface area contributed by atoms with Crippen molar-refractivity contribution in [1.82, 2.24) is 0 Å². The van der Waals surface area contributed by atoms with Gasteiger partial charge in [0.05, 0.1) is 0 Å². The fourth-order valence-corrected chi connectivity index (χ4v) is 0.768. The maximum atomic E-state index is 12.7. The van der Waals surface area contributed by atoms with Gasteiger partial charge in [0, 0.05) is 6.07 Å². The molecule has 0 aliphatic rings. The van der Waals surface area contributed by atoms with Gasteiger partial charge in [-0.05, 0) is 6.07 Å². The summed E-state index contributed by atoms with van der Waals surface area (Å²) >= 11 is 0. The topological polar surface area (TPSA) is 52.3 Å². The molecule has 0 saturated carbocycles. The van der Waals surface area contributed by atoms with Crippen molar-refractivity contribution in [3.05, 3.63) is 35.1 Å². The fourth-order valence-electron chi connectivity index (χ4n) is 0.768. The average molecular weight is 191 g/mol. The first kappa shape index (κ1) is 9.53. The number of benzene rings is 1. The first-order chi connectivity index (χ1) is 6.06. The summed E-state index contributed by atoms with van der Waals surface area (Å²) in [7, 11) is 0. The Morgan fingerprint density at radius 1 is 1.31 bits per heavy atom. The van der Waals surface area contributed by atoms with E-state index in [1.165, 1.54) is 0 Å². The Labute approximate surface area is 70.9 Å². The van der Waals surface area contributed by atoms with E-state index in [-0.39, 0.29) is 0 Å². The van der Waals surface area contributed by atoms with Crippen LogP contribution in [0.15, 0.2) is 12.1 Å². The van der Waals surface area contributed by atoms with Crippen molar-refractivity contribution in [1.29, 1.82) is 0 Å². The van der Waals surface area contributed by atoms with Crippen LogP contribution in [0.3, 0.4) is 0 Å². The molecule has 0 aliphatic carbocycles. The highest BCUT2D eigenvalue weighted by Gasteiger charge is 2.18. The SMILES string of the molecule is NOC(=O)c1cc(F)cc(F)c1F. The van der Waals surface area contributed by atoms with Crippen LogP contribution in [0.4, 0.5) is 13.2 Å². The van der Waals surface area contributed by atoms with Gasteiger partial charge >= 0.3 is 5.97 Å². The van der Waals surface area contributed by atoms with Crippen LogP contribution in [0.2, 0.25) is 0 Å². The molecule has 70 valence electrons. The molecule has 0 atom stereocenters. The predicted octanol–water partition coefficient (Wildman–Crippen LogP) is 1.13. The number of hydrogen-bond donors (Lipinski definition) is 1. The van der Waals surface area contributed by atoms with E-state index in [2.05, 4.69) is 10.7 Å². The molecule has 0 unspecified atom stereocenters. The largest absolute Gasteiger partial charge is 0.370 e. The summed E-state index contributed by atoms with van der Waals surface area (Å²) in [5.74, 6) is -0.970. The Hall–Kier alpha value is -1.56. The van der Waals surface area contributed by atoms with Gasteiger partial charge < -0.3 is 4.84 Å². The Morgan fingerprint density at radius 3 is 2.46 bits per heavy atom. The highest BCUT2D eigenvalue weighted by Crippen LogP contribution is 2.14. The maximum absolute atomic E-state index is 12.7. The van der Waals surface area contributed by atoms with Gasteiger partial charge in [-0.15, -0.1) is 0 Å². The molecule has 1 rings (SSSR count). The lowest BCUT2D eigenvalue weighted by Gasteiger charge is -2.00. The van der Waals surface area contributed by atoms with Crippen LogP contribution in [0.25, 0.3) is 0 Å². The third kappa shape index (κ3) is 1.78. The average Bonchev–Trinajstić information content (AvgIpc) is 2.10. The number of carbonyl (C=O) groups excluding carboxylic acids is 1. The number of carbonyl (C=O) groups is 1. The molecule has 0 heterocycles. The van der Waals surface area contributed by atoms with Crippen LogP contribution >= 0.6 is 0 Å². The Bertz CT molecular complexity index is 354. The lowest BCUT2D eigenvalue weighted by Crippen LogP contribution is -2.13. The van der Waals surface area contributed by atoms with Crippen molar-refractivity contribution < 1.29 is 22.8 Å². The summed E-state index contributed by atoms with van der Waals surface area (Å²) in [6, 6.07) is 0.802. The van der Waals surface area contributed by atoms with Crippen molar-refractivity contribution in [3.8, 4) is 0 Å². The maximum Gasteiger partial charge on any atom is 0.359 e. The molecule has 0 saturated heterocycles. The summed E-state index contributed by atoms with van der Waals surface area (Å²) in [6.07, 6.45) is 0. The molecule has 13 heavy (non-hydrogen) atoms. The van der Waals surface area contributed by atoms with Crippen LogP contribution in [-0.2, 0) is 4.84 Å². The van der Waals surface area contributed by atoms with Crippen LogP contribution in [0.1, 0.15) is 10.4 Å². The van der Waals surface area contributed by atoms with E-state index in [1.54, 1.807) is 0 Å². The first-order valence-electron chi connectivity index (χ1n) is 3.12. The minimum atomic E-state index is -1.49. The zero-order chi connectivity index (χ0) is 10.0. The molecule has 0 spiro atoms.